The van der Waals surface area contributed by atoms with Gasteiger partial charge < -0.3 is 15.5 Å². The molecule has 8 nitrogen and oxygen atoms in total. The van der Waals surface area contributed by atoms with Gasteiger partial charge in [-0.25, -0.2) is 4.79 Å². The van der Waals surface area contributed by atoms with Gasteiger partial charge in [-0.1, -0.05) is 13.0 Å². The minimum Gasteiger partial charge on any atom is -0.339 e. The lowest BCUT2D eigenvalue weighted by molar-refractivity contribution is -0.135. The summed E-state index contributed by atoms with van der Waals surface area (Å²) in [5, 5.41) is 5.51. The molecule has 0 aromatic heterocycles. The standard InChI is InChI=1S/C22H30N4O4/c1-4-25(5-2)19(28)16-7-6-8-17(13-16)23-18(27)14-26-20(29)22(24-21(26)30)11-9-15(3)10-12-22/h6-8,13,15H,4-5,9-12,14H2,1-3H3,(H,23,27)(H,24,30). The smallest absolute Gasteiger partial charge is 0.325 e. The molecule has 1 saturated heterocycles. The van der Waals surface area contributed by atoms with Gasteiger partial charge in [-0.15, -0.1) is 0 Å². The molecule has 2 N–H and O–H groups in total. The van der Waals surface area contributed by atoms with Gasteiger partial charge in [0.05, 0.1) is 0 Å². The molecule has 1 aliphatic carbocycles. The molecule has 162 valence electrons. The molecule has 2 aliphatic rings. The first-order chi connectivity index (χ1) is 14.3. The Morgan fingerprint density at radius 2 is 1.87 bits per heavy atom. The maximum atomic E-state index is 12.9. The van der Waals surface area contributed by atoms with Crippen molar-refractivity contribution in [3.05, 3.63) is 29.8 Å². The quantitative estimate of drug-likeness (QED) is 0.699. The zero-order valence-electron chi connectivity index (χ0n) is 17.9. The van der Waals surface area contributed by atoms with E-state index in [0.717, 1.165) is 17.7 Å². The first kappa shape index (κ1) is 21.8. The average Bonchev–Trinajstić information content (AvgIpc) is 2.95. The van der Waals surface area contributed by atoms with Crippen LogP contribution < -0.4 is 10.6 Å². The largest absolute Gasteiger partial charge is 0.339 e. The van der Waals surface area contributed by atoms with Crippen LogP contribution in [-0.4, -0.2) is 58.7 Å². The monoisotopic (exact) mass is 414 g/mol. The number of imide groups is 1. The molecule has 0 bridgehead atoms. The third-order valence-electron chi connectivity index (χ3n) is 6.12. The lowest BCUT2D eigenvalue weighted by atomic mass is 9.77. The number of rotatable bonds is 6. The van der Waals surface area contributed by atoms with Gasteiger partial charge in [-0.3, -0.25) is 19.3 Å². The van der Waals surface area contributed by atoms with E-state index in [1.807, 2.05) is 13.8 Å². The molecule has 0 unspecified atom stereocenters. The summed E-state index contributed by atoms with van der Waals surface area (Å²) in [6.45, 7) is 6.79. The van der Waals surface area contributed by atoms with Gasteiger partial charge in [-0.05, 0) is 63.6 Å². The number of anilines is 1. The van der Waals surface area contributed by atoms with Crippen molar-refractivity contribution in [3.8, 4) is 0 Å². The van der Waals surface area contributed by atoms with Crippen LogP contribution in [0.2, 0.25) is 0 Å². The number of benzene rings is 1. The molecule has 1 spiro atoms. The fraction of sp³-hybridized carbons (Fsp3) is 0.545. The highest BCUT2D eigenvalue weighted by atomic mass is 16.2. The Hall–Kier alpha value is -2.90. The molecule has 1 aromatic carbocycles. The van der Waals surface area contributed by atoms with Crippen molar-refractivity contribution in [2.45, 2.75) is 52.0 Å². The summed E-state index contributed by atoms with van der Waals surface area (Å²) in [7, 11) is 0. The van der Waals surface area contributed by atoms with E-state index < -0.39 is 17.5 Å². The summed E-state index contributed by atoms with van der Waals surface area (Å²) in [5.41, 5.74) is 0.0630. The minimum absolute atomic E-state index is 0.112. The molecule has 5 amide bonds. The number of carbonyl (C=O) groups is 4. The predicted molar refractivity (Wildman–Crippen MR) is 113 cm³/mol. The summed E-state index contributed by atoms with van der Waals surface area (Å²) in [4.78, 5) is 53.0. The third kappa shape index (κ3) is 4.32. The van der Waals surface area contributed by atoms with Crippen LogP contribution >= 0.6 is 0 Å². The van der Waals surface area contributed by atoms with Crippen LogP contribution in [0, 0.1) is 5.92 Å². The molecule has 2 fully saturated rings. The molecular weight excluding hydrogens is 384 g/mol. The summed E-state index contributed by atoms with van der Waals surface area (Å²) in [6, 6.07) is 6.15. The van der Waals surface area contributed by atoms with Crippen LogP contribution in [0.1, 0.15) is 56.8 Å². The van der Waals surface area contributed by atoms with Gasteiger partial charge in [0.2, 0.25) is 5.91 Å². The van der Waals surface area contributed by atoms with E-state index in [0.29, 0.717) is 43.1 Å². The second-order valence-corrected chi connectivity index (χ2v) is 8.19. The zero-order valence-corrected chi connectivity index (χ0v) is 17.9. The lowest BCUT2D eigenvalue weighted by Gasteiger charge is -2.33. The van der Waals surface area contributed by atoms with Gasteiger partial charge >= 0.3 is 6.03 Å². The first-order valence-corrected chi connectivity index (χ1v) is 10.6. The second-order valence-electron chi connectivity index (χ2n) is 8.19. The number of amides is 5. The summed E-state index contributed by atoms with van der Waals surface area (Å²) in [6.07, 6.45) is 2.96. The highest BCUT2D eigenvalue weighted by molar-refractivity contribution is 6.10. The summed E-state index contributed by atoms with van der Waals surface area (Å²) < 4.78 is 0. The van der Waals surface area contributed by atoms with Gasteiger partial charge in [-0.2, -0.15) is 0 Å². The minimum atomic E-state index is -0.861. The topological polar surface area (TPSA) is 98.8 Å². The van der Waals surface area contributed by atoms with Gasteiger partial charge in [0, 0.05) is 24.3 Å². The Balaban J connectivity index is 1.65. The summed E-state index contributed by atoms with van der Waals surface area (Å²) in [5.74, 6) is -0.380. The fourth-order valence-electron chi connectivity index (χ4n) is 4.18. The number of nitrogens with zero attached hydrogens (tertiary/aromatic N) is 2. The third-order valence-corrected chi connectivity index (χ3v) is 6.12. The number of hydrogen-bond acceptors (Lipinski definition) is 4. The van der Waals surface area contributed by atoms with E-state index in [9.17, 15) is 19.2 Å². The van der Waals surface area contributed by atoms with E-state index >= 15 is 0 Å². The molecule has 1 heterocycles. The number of carbonyl (C=O) groups excluding carboxylic acids is 4. The molecule has 3 rings (SSSR count). The van der Waals surface area contributed by atoms with E-state index in [1.54, 1.807) is 29.2 Å². The number of hydrogen-bond donors (Lipinski definition) is 2. The highest BCUT2D eigenvalue weighted by Gasteiger charge is 2.52. The molecule has 0 atom stereocenters. The van der Waals surface area contributed by atoms with E-state index in [1.165, 1.54) is 0 Å². The Morgan fingerprint density at radius 1 is 1.20 bits per heavy atom. The normalized spacial score (nSPS) is 23.4. The number of urea groups is 1. The summed E-state index contributed by atoms with van der Waals surface area (Å²) >= 11 is 0. The average molecular weight is 415 g/mol. The Kier molecular flexibility index (Phi) is 6.43. The van der Waals surface area contributed by atoms with Crippen molar-refractivity contribution in [1.82, 2.24) is 15.1 Å². The zero-order chi connectivity index (χ0) is 21.9. The Labute approximate surface area is 177 Å². The molecule has 0 radical (unpaired) electrons. The van der Waals surface area contributed by atoms with Crippen LogP contribution in [-0.2, 0) is 9.59 Å². The van der Waals surface area contributed by atoms with E-state index in [2.05, 4.69) is 17.6 Å². The van der Waals surface area contributed by atoms with Crippen molar-refractivity contribution in [2.75, 3.05) is 25.0 Å². The highest BCUT2D eigenvalue weighted by Crippen LogP contribution is 2.36. The lowest BCUT2D eigenvalue weighted by Crippen LogP contribution is -2.49. The van der Waals surface area contributed by atoms with Gasteiger partial charge in [0.15, 0.2) is 0 Å². The molecule has 1 aromatic rings. The predicted octanol–water partition coefficient (Wildman–Crippen LogP) is 2.61. The number of nitrogens with one attached hydrogen (secondary N) is 2. The molecule has 1 saturated carbocycles. The van der Waals surface area contributed by atoms with Crippen molar-refractivity contribution >= 4 is 29.4 Å². The fourth-order valence-corrected chi connectivity index (χ4v) is 4.18. The molecule has 8 heteroatoms. The second kappa shape index (κ2) is 8.85. The molecule has 30 heavy (non-hydrogen) atoms. The van der Waals surface area contributed by atoms with Gasteiger partial charge in [0.1, 0.15) is 12.1 Å². The maximum Gasteiger partial charge on any atom is 0.325 e. The van der Waals surface area contributed by atoms with Crippen LogP contribution in [0.3, 0.4) is 0 Å². The first-order valence-electron chi connectivity index (χ1n) is 10.6. The van der Waals surface area contributed by atoms with Gasteiger partial charge in [0.25, 0.3) is 11.8 Å². The van der Waals surface area contributed by atoms with E-state index in [4.69, 9.17) is 0 Å². The Bertz CT molecular complexity index is 841. The Morgan fingerprint density at radius 3 is 2.50 bits per heavy atom. The maximum absolute atomic E-state index is 12.9. The van der Waals surface area contributed by atoms with Crippen molar-refractivity contribution < 1.29 is 19.2 Å². The molecular formula is C22H30N4O4. The van der Waals surface area contributed by atoms with Crippen molar-refractivity contribution in [2.24, 2.45) is 5.92 Å². The van der Waals surface area contributed by atoms with Crippen LogP contribution in [0.25, 0.3) is 0 Å². The van der Waals surface area contributed by atoms with Crippen molar-refractivity contribution in [3.63, 3.8) is 0 Å². The van der Waals surface area contributed by atoms with Crippen LogP contribution in [0.4, 0.5) is 10.5 Å². The van der Waals surface area contributed by atoms with Crippen molar-refractivity contribution in [1.29, 1.82) is 0 Å². The van der Waals surface area contributed by atoms with Crippen LogP contribution in [0.15, 0.2) is 24.3 Å². The molecule has 1 aliphatic heterocycles. The SMILES string of the molecule is CCN(CC)C(=O)c1cccc(NC(=O)CN2C(=O)NC3(CCC(C)CC3)C2=O)c1. The van der Waals surface area contributed by atoms with Crippen LogP contribution in [0.5, 0.6) is 0 Å². The van der Waals surface area contributed by atoms with E-state index in [-0.39, 0.29) is 18.4 Å².